The van der Waals surface area contributed by atoms with E-state index in [4.69, 9.17) is 5.11 Å². The van der Waals surface area contributed by atoms with E-state index in [0.29, 0.717) is 12.5 Å². The highest BCUT2D eigenvalue weighted by Crippen LogP contribution is 2.26. The van der Waals surface area contributed by atoms with Gasteiger partial charge in [-0.25, -0.2) is 0 Å². The minimum Gasteiger partial charge on any atom is -0.396 e. The number of aliphatic hydroxyl groups excluding tert-OH is 1. The molecule has 1 fully saturated rings. The number of H-pyrrole nitrogens is 1. The van der Waals surface area contributed by atoms with Gasteiger partial charge in [-0.1, -0.05) is 25.1 Å². The van der Waals surface area contributed by atoms with Gasteiger partial charge < -0.3 is 15.0 Å². The zero-order valence-electron chi connectivity index (χ0n) is 13.8. The van der Waals surface area contributed by atoms with Crippen molar-refractivity contribution >= 4 is 16.8 Å². The lowest BCUT2D eigenvalue weighted by Crippen LogP contribution is -2.36. The second-order valence-corrected chi connectivity index (χ2v) is 6.43. The number of aryl methyl sites for hydroxylation is 1. The molecule has 1 aromatic carbocycles. The maximum Gasteiger partial charge on any atom is 0.227 e. The monoisotopic (exact) mass is 314 g/mol. The third-order valence-corrected chi connectivity index (χ3v) is 5.00. The first-order valence-corrected chi connectivity index (χ1v) is 8.72. The van der Waals surface area contributed by atoms with Gasteiger partial charge in [0, 0.05) is 36.3 Å². The fourth-order valence-corrected chi connectivity index (χ4v) is 3.77. The Kier molecular flexibility index (Phi) is 5.01. The summed E-state index contributed by atoms with van der Waals surface area (Å²) in [5.41, 5.74) is 3.55. The molecule has 1 atom stereocenters. The van der Waals surface area contributed by atoms with Gasteiger partial charge in [0.1, 0.15) is 0 Å². The van der Waals surface area contributed by atoms with Gasteiger partial charge in [0.25, 0.3) is 0 Å². The normalized spacial score (nSPS) is 18.0. The van der Waals surface area contributed by atoms with Gasteiger partial charge in [-0.3, -0.25) is 4.79 Å². The zero-order valence-corrected chi connectivity index (χ0v) is 13.8. The number of para-hydroxylation sites is 1. The molecule has 2 aromatic rings. The van der Waals surface area contributed by atoms with Crippen molar-refractivity contribution in [2.24, 2.45) is 0 Å². The molecule has 1 aromatic heterocycles. The fourth-order valence-electron chi connectivity index (χ4n) is 3.77. The van der Waals surface area contributed by atoms with Gasteiger partial charge in [-0.2, -0.15) is 0 Å². The summed E-state index contributed by atoms with van der Waals surface area (Å²) < 4.78 is 0. The molecule has 4 heteroatoms. The summed E-state index contributed by atoms with van der Waals surface area (Å²) in [5.74, 6) is 0.216. The van der Waals surface area contributed by atoms with E-state index in [9.17, 15) is 4.79 Å². The topological polar surface area (TPSA) is 56.3 Å². The van der Waals surface area contributed by atoms with Crippen LogP contribution in [0.1, 0.15) is 43.7 Å². The van der Waals surface area contributed by atoms with Gasteiger partial charge in [-0.05, 0) is 43.2 Å². The summed E-state index contributed by atoms with van der Waals surface area (Å²) >= 11 is 0. The Labute approximate surface area is 137 Å². The van der Waals surface area contributed by atoms with E-state index >= 15 is 0 Å². The SMILES string of the molecule is CCc1cccc2c(CC(=O)N3CCCC3CCCO)c[nH]c12. The van der Waals surface area contributed by atoms with Crippen molar-refractivity contribution in [1.82, 2.24) is 9.88 Å². The number of nitrogens with one attached hydrogen (secondary N) is 1. The van der Waals surface area contributed by atoms with Gasteiger partial charge in [0.2, 0.25) is 5.91 Å². The molecule has 124 valence electrons. The summed E-state index contributed by atoms with van der Waals surface area (Å²) in [5, 5.41) is 10.2. The molecule has 0 spiro atoms. The Bertz CT molecular complexity index is 677. The van der Waals surface area contributed by atoms with E-state index < -0.39 is 0 Å². The highest BCUT2D eigenvalue weighted by molar-refractivity contribution is 5.90. The second-order valence-electron chi connectivity index (χ2n) is 6.43. The number of aromatic nitrogens is 1. The molecule has 1 amide bonds. The van der Waals surface area contributed by atoms with Crippen LogP contribution in [0.2, 0.25) is 0 Å². The number of likely N-dealkylation sites (tertiary alicyclic amines) is 1. The molecule has 4 nitrogen and oxygen atoms in total. The van der Waals surface area contributed by atoms with Crippen molar-refractivity contribution in [3.8, 4) is 0 Å². The number of hydrogen-bond donors (Lipinski definition) is 2. The van der Waals surface area contributed by atoms with E-state index in [1.807, 2.05) is 11.1 Å². The largest absolute Gasteiger partial charge is 0.396 e. The first-order chi connectivity index (χ1) is 11.2. The Balaban J connectivity index is 1.75. The molecule has 0 saturated carbocycles. The van der Waals surface area contributed by atoms with Crippen LogP contribution in [-0.4, -0.2) is 40.1 Å². The molecule has 1 aliphatic heterocycles. The fraction of sp³-hybridized carbons (Fsp3) is 0.526. The van der Waals surface area contributed by atoms with E-state index in [-0.39, 0.29) is 12.5 Å². The molecular formula is C19H26N2O2. The number of nitrogens with zero attached hydrogens (tertiary/aromatic N) is 1. The molecule has 3 rings (SSSR count). The number of aliphatic hydroxyl groups is 1. The van der Waals surface area contributed by atoms with Crippen LogP contribution < -0.4 is 0 Å². The van der Waals surface area contributed by atoms with Crippen LogP contribution in [0.3, 0.4) is 0 Å². The number of benzene rings is 1. The Morgan fingerprint density at radius 2 is 2.26 bits per heavy atom. The van der Waals surface area contributed by atoms with Crippen molar-refractivity contribution in [3.05, 3.63) is 35.5 Å². The average molecular weight is 314 g/mol. The summed E-state index contributed by atoms with van der Waals surface area (Å²) in [4.78, 5) is 18.1. The van der Waals surface area contributed by atoms with E-state index in [1.54, 1.807) is 0 Å². The number of fused-ring (bicyclic) bond motifs is 1. The third-order valence-electron chi connectivity index (χ3n) is 5.00. The molecule has 1 unspecified atom stereocenters. The van der Waals surface area contributed by atoms with Gasteiger partial charge in [0.15, 0.2) is 0 Å². The predicted octanol–water partition coefficient (Wildman–Crippen LogP) is 3.04. The van der Waals surface area contributed by atoms with Crippen molar-refractivity contribution in [3.63, 3.8) is 0 Å². The molecule has 0 aliphatic carbocycles. The highest BCUT2D eigenvalue weighted by Gasteiger charge is 2.28. The molecule has 1 saturated heterocycles. The standard InChI is InChI=1S/C19H26N2O2/c1-2-14-6-3-9-17-15(13-20-19(14)17)12-18(23)21-10-4-7-16(21)8-5-11-22/h3,6,9,13,16,20,22H,2,4-5,7-8,10-12H2,1H3. The van der Waals surface area contributed by atoms with Crippen molar-refractivity contribution in [2.45, 2.75) is 51.5 Å². The highest BCUT2D eigenvalue weighted by atomic mass is 16.3. The van der Waals surface area contributed by atoms with Gasteiger partial charge >= 0.3 is 0 Å². The average Bonchev–Trinajstić information content (AvgIpc) is 3.19. The Morgan fingerprint density at radius 1 is 1.39 bits per heavy atom. The minimum atomic E-state index is 0.209. The number of rotatable bonds is 6. The lowest BCUT2D eigenvalue weighted by Gasteiger charge is -2.24. The van der Waals surface area contributed by atoms with Crippen LogP contribution in [0.5, 0.6) is 0 Å². The van der Waals surface area contributed by atoms with E-state index in [1.165, 1.54) is 10.9 Å². The molecule has 2 heterocycles. The quantitative estimate of drug-likeness (QED) is 0.861. The van der Waals surface area contributed by atoms with Crippen molar-refractivity contribution < 1.29 is 9.90 Å². The van der Waals surface area contributed by atoms with Crippen LogP contribution in [0.25, 0.3) is 10.9 Å². The zero-order chi connectivity index (χ0) is 16.2. The molecule has 2 N–H and O–H groups in total. The second kappa shape index (κ2) is 7.18. The number of aromatic amines is 1. The predicted molar refractivity (Wildman–Crippen MR) is 92.4 cm³/mol. The van der Waals surface area contributed by atoms with Crippen LogP contribution in [-0.2, 0) is 17.6 Å². The third kappa shape index (κ3) is 3.27. The van der Waals surface area contributed by atoms with Gasteiger partial charge in [-0.15, -0.1) is 0 Å². The van der Waals surface area contributed by atoms with Crippen LogP contribution in [0, 0.1) is 0 Å². The van der Waals surface area contributed by atoms with Crippen LogP contribution >= 0.6 is 0 Å². The van der Waals surface area contributed by atoms with E-state index in [0.717, 1.165) is 49.7 Å². The van der Waals surface area contributed by atoms with Gasteiger partial charge in [0.05, 0.1) is 6.42 Å². The Morgan fingerprint density at radius 3 is 3.04 bits per heavy atom. The number of amides is 1. The maximum absolute atomic E-state index is 12.7. The van der Waals surface area contributed by atoms with Crippen molar-refractivity contribution in [2.75, 3.05) is 13.2 Å². The first kappa shape index (κ1) is 16.1. The number of hydrogen-bond acceptors (Lipinski definition) is 2. The Hall–Kier alpha value is -1.81. The number of carbonyl (C=O) groups is 1. The minimum absolute atomic E-state index is 0.209. The summed E-state index contributed by atoms with van der Waals surface area (Å²) in [6, 6.07) is 6.62. The smallest absolute Gasteiger partial charge is 0.227 e. The summed E-state index contributed by atoms with van der Waals surface area (Å²) in [7, 11) is 0. The van der Waals surface area contributed by atoms with Crippen LogP contribution in [0.4, 0.5) is 0 Å². The molecule has 23 heavy (non-hydrogen) atoms. The molecule has 1 aliphatic rings. The lowest BCUT2D eigenvalue weighted by molar-refractivity contribution is -0.131. The molecular weight excluding hydrogens is 288 g/mol. The van der Waals surface area contributed by atoms with Crippen molar-refractivity contribution in [1.29, 1.82) is 0 Å². The maximum atomic E-state index is 12.7. The molecule has 0 bridgehead atoms. The first-order valence-electron chi connectivity index (χ1n) is 8.72. The lowest BCUT2D eigenvalue weighted by atomic mass is 10.0. The number of carbonyl (C=O) groups excluding carboxylic acids is 1. The molecule has 0 radical (unpaired) electrons. The van der Waals surface area contributed by atoms with E-state index in [2.05, 4.69) is 30.1 Å². The van der Waals surface area contributed by atoms with Crippen LogP contribution in [0.15, 0.2) is 24.4 Å². The summed E-state index contributed by atoms with van der Waals surface area (Å²) in [6.07, 6.45) is 7.27. The summed E-state index contributed by atoms with van der Waals surface area (Å²) in [6.45, 7) is 3.22.